The first kappa shape index (κ1) is 4.73. The summed E-state index contributed by atoms with van der Waals surface area (Å²) in [5, 5.41) is 7.74. The molecule has 0 aromatic heterocycles. The van der Waals surface area contributed by atoms with Crippen molar-refractivity contribution < 1.29 is 5.11 Å². The van der Waals surface area contributed by atoms with Crippen LogP contribution in [0.2, 0.25) is 0 Å². The van der Waals surface area contributed by atoms with Gasteiger partial charge in [0.15, 0.2) is 4.47 Å². The van der Waals surface area contributed by atoms with Crippen LogP contribution in [-0.4, -0.2) is 9.58 Å². The Kier molecular flexibility index (Phi) is 2.36. The first-order chi connectivity index (χ1) is 1.73. The summed E-state index contributed by atoms with van der Waals surface area (Å²) in [4.78, 5) is 0. The monoisotopic (exact) mass is 144 g/mol. The van der Waals surface area contributed by atoms with Gasteiger partial charge in [-0.2, -0.15) is 0 Å². The topological polar surface area (TPSA) is 20.2 Å². The second-order valence-corrected chi connectivity index (χ2v) is 2.09. The molecule has 0 aromatic rings. The molecular weight excluding hydrogens is 143 g/mol. The molecule has 3 heteroatoms. The van der Waals surface area contributed by atoms with Crippen LogP contribution in [0.4, 0.5) is 0 Å². The van der Waals surface area contributed by atoms with E-state index < -0.39 is 4.47 Å². The Morgan fingerprint density at radius 3 is 2.00 bits per heavy atom. The molecule has 0 aliphatic rings. The average molecular weight is 145 g/mol. The third kappa shape index (κ3) is 15.3. The lowest BCUT2D eigenvalue weighted by atomic mass is 11.7. The fraction of sp³-hybridized carbons (Fsp3) is 1.00. The van der Waals surface area contributed by atoms with Gasteiger partial charge in [-0.15, -0.1) is 0 Å². The van der Waals surface area contributed by atoms with E-state index in [1.54, 1.807) is 0 Å². The molecule has 0 fully saturated rings. The molecule has 0 saturated carbocycles. The van der Waals surface area contributed by atoms with Crippen molar-refractivity contribution in [3.8, 4) is 0 Å². The maximum absolute atomic E-state index is 7.74. The molecule has 0 amide bonds. The number of aliphatic hydroxyl groups is 1. The predicted molar refractivity (Wildman–Crippen MR) is 20.8 cm³/mol. The Hall–Kier alpha value is 0.730. The van der Waals surface area contributed by atoms with Crippen molar-refractivity contribution in [1.82, 2.24) is 0 Å². The lowest BCUT2D eigenvalue weighted by Crippen LogP contribution is -1.71. The van der Waals surface area contributed by atoms with E-state index in [4.69, 9.17) is 16.7 Å². The predicted octanol–water partition coefficient (Wildman–Crippen LogP) is 0.896. The largest absolute Gasteiger partial charge is 0.368 e. The molecule has 0 spiro atoms. The first-order valence-corrected chi connectivity index (χ1v) is 2.05. The van der Waals surface area contributed by atoms with E-state index >= 15 is 0 Å². The Balaban J connectivity index is 2.32. The highest BCUT2D eigenvalue weighted by molar-refractivity contribution is 9.10. The molecule has 0 rings (SSSR count). The summed E-state index contributed by atoms with van der Waals surface area (Å²) in [5.41, 5.74) is 0. The zero-order valence-corrected chi connectivity index (χ0v) is 4.12. The van der Waals surface area contributed by atoms with Gasteiger partial charge in [-0.3, -0.25) is 0 Å². The van der Waals surface area contributed by atoms with E-state index in [-0.39, 0.29) is 0 Å². The first-order valence-electron chi connectivity index (χ1n) is 0.695. The van der Waals surface area contributed by atoms with Gasteiger partial charge in [-0.25, -0.2) is 0 Å². The molecule has 1 N–H and O–H groups in total. The summed E-state index contributed by atoms with van der Waals surface area (Å²) in [6.45, 7) is 0. The molecule has 4 heavy (non-hydrogen) atoms. The van der Waals surface area contributed by atoms with Crippen molar-refractivity contribution in [3.63, 3.8) is 0 Å². The molecule has 1 nitrogen and oxygen atoms in total. The SMILES string of the molecule is OC(Cl)Br. The van der Waals surface area contributed by atoms with Gasteiger partial charge < -0.3 is 5.11 Å². The zero-order chi connectivity index (χ0) is 3.58. The van der Waals surface area contributed by atoms with Crippen molar-refractivity contribution in [3.05, 3.63) is 0 Å². The fourth-order valence-corrected chi connectivity index (χ4v) is 0. The standard InChI is InChI=1S/CH2BrClO/c2-1(3)4/h1,4H. The van der Waals surface area contributed by atoms with Crippen LogP contribution in [-0.2, 0) is 0 Å². The number of hydrogen-bond acceptors (Lipinski definition) is 1. The van der Waals surface area contributed by atoms with Gasteiger partial charge in [0.2, 0.25) is 0 Å². The van der Waals surface area contributed by atoms with E-state index in [2.05, 4.69) is 15.9 Å². The number of rotatable bonds is 0. The summed E-state index contributed by atoms with van der Waals surface area (Å²) in [6.07, 6.45) is 0. The van der Waals surface area contributed by atoms with Crippen LogP contribution in [0, 0.1) is 0 Å². The number of halogens is 2. The average Bonchev–Trinajstić information content (AvgIpc) is 0.811. The van der Waals surface area contributed by atoms with Gasteiger partial charge in [0.05, 0.1) is 0 Å². The maximum atomic E-state index is 7.74. The molecular formula is CH2BrClO. The Labute approximate surface area is 37.7 Å². The summed E-state index contributed by atoms with van der Waals surface area (Å²) in [7, 11) is 0. The van der Waals surface area contributed by atoms with Crippen LogP contribution in [0.15, 0.2) is 0 Å². The van der Waals surface area contributed by atoms with Gasteiger partial charge in [-0.05, 0) is 15.9 Å². The van der Waals surface area contributed by atoms with Gasteiger partial charge >= 0.3 is 0 Å². The lowest BCUT2D eigenvalue weighted by Gasteiger charge is -1.74. The number of alkyl halides is 2. The van der Waals surface area contributed by atoms with Crippen LogP contribution in [0.1, 0.15) is 0 Å². The minimum atomic E-state index is -0.882. The minimum Gasteiger partial charge on any atom is -0.368 e. The highest BCUT2D eigenvalue weighted by Gasteiger charge is 1.76. The number of aliphatic hydroxyl groups excluding tert-OH is 1. The number of hydrogen-bond donors (Lipinski definition) is 1. The molecule has 1 atom stereocenters. The Morgan fingerprint density at radius 2 is 2.00 bits per heavy atom. The third-order valence-electron chi connectivity index (χ3n) is 0. The maximum Gasteiger partial charge on any atom is 0.184 e. The summed E-state index contributed by atoms with van der Waals surface area (Å²) in [6, 6.07) is 0. The summed E-state index contributed by atoms with van der Waals surface area (Å²) < 4.78 is -0.882. The molecule has 0 aromatic carbocycles. The Morgan fingerprint density at radius 1 is 2.00 bits per heavy atom. The van der Waals surface area contributed by atoms with E-state index in [0.29, 0.717) is 0 Å². The van der Waals surface area contributed by atoms with Crippen molar-refractivity contribution in [2.45, 2.75) is 4.47 Å². The molecule has 1 unspecified atom stereocenters. The second-order valence-electron chi connectivity index (χ2n) is 0.278. The van der Waals surface area contributed by atoms with Crippen molar-refractivity contribution in [1.29, 1.82) is 0 Å². The van der Waals surface area contributed by atoms with Gasteiger partial charge in [0.25, 0.3) is 0 Å². The summed E-state index contributed by atoms with van der Waals surface area (Å²) >= 11 is 7.34. The third-order valence-corrected chi connectivity index (χ3v) is 0. The van der Waals surface area contributed by atoms with Crippen molar-refractivity contribution >= 4 is 27.5 Å². The van der Waals surface area contributed by atoms with Gasteiger partial charge in [0, 0.05) is 0 Å². The molecule has 0 aliphatic carbocycles. The molecule has 0 bridgehead atoms. The van der Waals surface area contributed by atoms with Crippen LogP contribution in [0.5, 0.6) is 0 Å². The quantitative estimate of drug-likeness (QED) is 0.502. The summed E-state index contributed by atoms with van der Waals surface area (Å²) in [5.74, 6) is 0. The minimum absolute atomic E-state index is 0.882. The second kappa shape index (κ2) is 2.00. The van der Waals surface area contributed by atoms with Crippen LogP contribution in [0.25, 0.3) is 0 Å². The lowest BCUT2D eigenvalue weighted by molar-refractivity contribution is 0.345. The molecule has 0 heterocycles. The molecule has 26 valence electrons. The smallest absolute Gasteiger partial charge is 0.184 e. The highest BCUT2D eigenvalue weighted by atomic mass is 79.9. The van der Waals surface area contributed by atoms with Crippen LogP contribution >= 0.6 is 27.5 Å². The fourth-order valence-electron chi connectivity index (χ4n) is 0. The normalized spacial score (nSPS) is 15.8. The van der Waals surface area contributed by atoms with Crippen molar-refractivity contribution in [2.24, 2.45) is 0 Å². The van der Waals surface area contributed by atoms with Gasteiger partial charge in [-0.1, -0.05) is 11.6 Å². The van der Waals surface area contributed by atoms with E-state index in [0.717, 1.165) is 0 Å². The van der Waals surface area contributed by atoms with Gasteiger partial charge in [0.1, 0.15) is 0 Å². The van der Waals surface area contributed by atoms with Crippen molar-refractivity contribution in [2.75, 3.05) is 0 Å². The molecule has 0 saturated heterocycles. The van der Waals surface area contributed by atoms with Crippen LogP contribution in [0.3, 0.4) is 0 Å². The van der Waals surface area contributed by atoms with E-state index in [1.807, 2.05) is 0 Å². The van der Waals surface area contributed by atoms with E-state index in [9.17, 15) is 0 Å². The molecule has 0 radical (unpaired) electrons. The van der Waals surface area contributed by atoms with E-state index in [1.165, 1.54) is 0 Å². The van der Waals surface area contributed by atoms with Crippen LogP contribution < -0.4 is 0 Å². The zero-order valence-electron chi connectivity index (χ0n) is 1.78. The Bertz CT molecular complexity index is 12.8. The molecule has 0 aliphatic heterocycles. The highest BCUT2D eigenvalue weighted by Crippen LogP contribution is 1.95.